The number of alkyl halides is 8. The molecule has 44 heavy (non-hydrogen) atoms. The Morgan fingerprint density at radius 2 is 1.23 bits per heavy atom. The summed E-state index contributed by atoms with van der Waals surface area (Å²) in [6.45, 7) is 1.82. The van der Waals surface area contributed by atoms with Gasteiger partial charge < -0.3 is 33.6 Å². The van der Waals surface area contributed by atoms with E-state index in [0.717, 1.165) is 27.7 Å². The molecule has 23 heteroatoms. The number of hydrogen-bond acceptors (Lipinski definition) is 13. The van der Waals surface area contributed by atoms with Crippen LogP contribution in [0.2, 0.25) is 0 Å². The van der Waals surface area contributed by atoms with Gasteiger partial charge in [-0.05, 0) is 6.42 Å². The maximum absolute atomic E-state index is 14.1. The van der Waals surface area contributed by atoms with Crippen molar-refractivity contribution in [3.05, 3.63) is 5.14 Å². The largest absolute Gasteiger partial charge is 0.559 e. The average molecular weight is 684 g/mol. The first-order chi connectivity index (χ1) is 19.8. The second-order valence-corrected chi connectivity index (χ2v) is 10.4. The monoisotopic (exact) mass is 684 g/mol. The van der Waals surface area contributed by atoms with Gasteiger partial charge in [0.15, 0.2) is 24.6 Å². The Morgan fingerprint density at radius 3 is 1.68 bits per heavy atom. The highest BCUT2D eigenvalue weighted by Crippen LogP contribution is 2.48. The lowest BCUT2D eigenvalue weighted by molar-refractivity contribution is -0.456. The normalized spacial score (nSPS) is 23.4. The molecule has 1 aliphatic heterocycles. The van der Waals surface area contributed by atoms with Gasteiger partial charge in [-0.2, -0.15) is 35.1 Å². The van der Waals surface area contributed by atoms with E-state index in [2.05, 4.69) is 4.74 Å². The van der Waals surface area contributed by atoms with Crippen molar-refractivity contribution in [2.45, 2.75) is 94.6 Å². The van der Waals surface area contributed by atoms with Crippen LogP contribution in [0.5, 0.6) is 0 Å². The van der Waals surface area contributed by atoms with Gasteiger partial charge in [-0.3, -0.25) is 19.2 Å². The number of halogens is 8. The number of esters is 4. The van der Waals surface area contributed by atoms with Crippen LogP contribution in [0.4, 0.5) is 35.1 Å². The molecule has 14 nitrogen and oxygen atoms in total. The van der Waals surface area contributed by atoms with Crippen molar-refractivity contribution in [1.82, 2.24) is 0 Å². The van der Waals surface area contributed by atoms with Gasteiger partial charge in [0, 0.05) is 34.1 Å². The molecule has 0 spiro atoms. The van der Waals surface area contributed by atoms with E-state index in [-0.39, 0.29) is 0 Å². The topological polar surface area (TPSA) is 191 Å². The SMILES string of the molecule is CC(=O)OCC1O[C@@H](OCCCC(F)(F)C(F)(F)OC(F)(F)C(F)(F)S([NH-])(=O)=O)C(OC(C)=O)[C@@H](OC(C)=O)[C@@H]1OC(C)=O. The van der Waals surface area contributed by atoms with Gasteiger partial charge in [0.05, 0.1) is 6.61 Å². The van der Waals surface area contributed by atoms with Gasteiger partial charge in [0.25, 0.3) is 0 Å². The van der Waals surface area contributed by atoms with Crippen LogP contribution in [0.1, 0.15) is 40.5 Å². The van der Waals surface area contributed by atoms with Crippen LogP contribution in [-0.2, 0) is 62.4 Å². The molecular weight excluding hydrogens is 658 g/mol. The molecule has 2 unspecified atom stereocenters. The van der Waals surface area contributed by atoms with E-state index >= 15 is 0 Å². The van der Waals surface area contributed by atoms with E-state index in [4.69, 9.17) is 33.6 Å². The zero-order valence-corrected chi connectivity index (χ0v) is 23.8. The first kappa shape index (κ1) is 39.1. The summed E-state index contributed by atoms with van der Waals surface area (Å²) in [6.07, 6.45) is -25.3. The van der Waals surface area contributed by atoms with Gasteiger partial charge in [-0.15, -0.1) is 0 Å². The van der Waals surface area contributed by atoms with Crippen LogP contribution in [0.15, 0.2) is 0 Å². The Morgan fingerprint density at radius 1 is 0.750 bits per heavy atom. The molecule has 5 atom stereocenters. The van der Waals surface area contributed by atoms with Crippen molar-refractivity contribution in [2.75, 3.05) is 13.2 Å². The van der Waals surface area contributed by atoms with E-state index in [9.17, 15) is 62.7 Å². The van der Waals surface area contributed by atoms with E-state index < -0.39 is 114 Å². The first-order valence-electron chi connectivity index (χ1n) is 11.9. The molecule has 0 radical (unpaired) electrons. The van der Waals surface area contributed by atoms with Crippen molar-refractivity contribution in [2.24, 2.45) is 0 Å². The minimum Gasteiger partial charge on any atom is -0.559 e. The molecule has 0 aromatic heterocycles. The molecule has 0 aliphatic carbocycles. The van der Waals surface area contributed by atoms with Crippen LogP contribution >= 0.6 is 0 Å². The fourth-order valence-corrected chi connectivity index (χ4v) is 3.77. The van der Waals surface area contributed by atoms with Crippen LogP contribution in [-0.4, -0.2) is 99.6 Å². The number of hydrogen-bond donors (Lipinski definition) is 0. The predicted molar refractivity (Wildman–Crippen MR) is 121 cm³/mol. The highest BCUT2D eigenvalue weighted by atomic mass is 32.2. The molecular formula is C21H26F8NO13S-. The van der Waals surface area contributed by atoms with Crippen molar-refractivity contribution < 1.29 is 95.9 Å². The molecule has 1 saturated heterocycles. The number of carbonyl (C=O) groups excluding carboxylic acids is 4. The van der Waals surface area contributed by atoms with E-state index in [1.807, 2.05) is 0 Å². The first-order valence-corrected chi connectivity index (χ1v) is 13.4. The Balaban J connectivity index is 3.18. The number of sulfonamides is 1. The lowest BCUT2D eigenvalue weighted by Gasteiger charge is -2.44. The number of carbonyl (C=O) groups is 4. The summed E-state index contributed by atoms with van der Waals surface area (Å²) in [5.74, 6) is -9.67. The van der Waals surface area contributed by atoms with E-state index in [1.165, 1.54) is 0 Å². The molecule has 0 amide bonds. The van der Waals surface area contributed by atoms with E-state index in [0.29, 0.717) is 0 Å². The summed E-state index contributed by atoms with van der Waals surface area (Å²) in [7, 11) is -6.85. The molecule has 0 aromatic carbocycles. The molecule has 1 heterocycles. The fraction of sp³-hybridized carbons (Fsp3) is 0.810. The van der Waals surface area contributed by atoms with Gasteiger partial charge in [0.1, 0.15) is 22.7 Å². The molecule has 0 bridgehead atoms. The summed E-state index contributed by atoms with van der Waals surface area (Å²) in [4.78, 5) is 46.5. The fourth-order valence-electron chi connectivity index (χ4n) is 3.41. The molecule has 1 aliphatic rings. The summed E-state index contributed by atoms with van der Waals surface area (Å²) in [5.41, 5.74) is 0. The van der Waals surface area contributed by atoms with Gasteiger partial charge in [0.2, 0.25) is 0 Å². The standard InChI is InChI=1S/C21H26F8NO13S/c1-9(31)38-8-13-14(39-10(2)32)15(40-11(3)33)16(41-12(4)34)17(42-13)37-7-5-6-18(22,23)19(24,25)43-20(26,27)21(28,29)44(30,35)36/h13-17H,5-8H2,1-4H3,(H-,30,35,36)/q-1/t13?,14-,15+,16?,17-/m1/s1. The van der Waals surface area contributed by atoms with Gasteiger partial charge in [-0.25, -0.2) is 13.2 Å². The lowest BCUT2D eigenvalue weighted by Crippen LogP contribution is -2.63. The summed E-state index contributed by atoms with van der Waals surface area (Å²) in [6, 6.07) is 0. The maximum Gasteiger partial charge on any atom is 0.437 e. The number of ether oxygens (including phenoxy) is 7. The Hall–Kier alpha value is -2.89. The Bertz CT molecular complexity index is 1170. The van der Waals surface area contributed by atoms with E-state index in [1.54, 1.807) is 0 Å². The number of rotatable bonds is 15. The summed E-state index contributed by atoms with van der Waals surface area (Å²) in [5, 5.41) is -0.643. The summed E-state index contributed by atoms with van der Waals surface area (Å²) >= 11 is 0. The van der Waals surface area contributed by atoms with Crippen molar-refractivity contribution in [1.29, 1.82) is 0 Å². The van der Waals surface area contributed by atoms with Crippen molar-refractivity contribution >= 4 is 33.9 Å². The number of nitrogens with one attached hydrogen (secondary N) is 1. The average Bonchev–Trinajstić information content (AvgIpc) is 2.81. The van der Waals surface area contributed by atoms with Crippen LogP contribution in [0.25, 0.3) is 5.14 Å². The second kappa shape index (κ2) is 14.5. The van der Waals surface area contributed by atoms with Gasteiger partial charge >= 0.3 is 47.3 Å². The minimum absolute atomic E-state index is 0.716. The molecule has 256 valence electrons. The van der Waals surface area contributed by atoms with Crippen LogP contribution in [0.3, 0.4) is 0 Å². The second-order valence-electron chi connectivity index (χ2n) is 8.90. The van der Waals surface area contributed by atoms with Crippen LogP contribution in [0, 0.1) is 0 Å². The molecule has 1 fully saturated rings. The zero-order valence-electron chi connectivity index (χ0n) is 23.0. The van der Waals surface area contributed by atoms with Gasteiger partial charge in [-0.1, -0.05) is 0 Å². The maximum atomic E-state index is 14.1. The summed E-state index contributed by atoms with van der Waals surface area (Å²) < 4.78 is 163. The lowest BCUT2D eigenvalue weighted by atomic mass is 9.98. The quantitative estimate of drug-likeness (QED) is 0.106. The zero-order chi connectivity index (χ0) is 34.5. The highest BCUT2D eigenvalue weighted by Gasteiger charge is 2.71. The third-order valence-electron chi connectivity index (χ3n) is 5.22. The Kier molecular flexibility index (Phi) is 12.9. The highest BCUT2D eigenvalue weighted by molar-refractivity contribution is 7.94. The smallest absolute Gasteiger partial charge is 0.437 e. The Labute approximate surface area is 243 Å². The predicted octanol–water partition coefficient (Wildman–Crippen LogP) is 2.68. The minimum atomic E-state index is -6.85. The third kappa shape index (κ3) is 10.1. The van der Waals surface area contributed by atoms with Crippen molar-refractivity contribution in [3.8, 4) is 0 Å². The van der Waals surface area contributed by atoms with Crippen LogP contribution < -0.4 is 0 Å². The molecule has 0 saturated carbocycles. The molecule has 1 rings (SSSR count). The van der Waals surface area contributed by atoms with Crippen molar-refractivity contribution in [3.63, 3.8) is 0 Å². The molecule has 0 aromatic rings. The third-order valence-corrected chi connectivity index (χ3v) is 6.14. The molecule has 1 N–H and O–H groups in total.